The van der Waals surface area contributed by atoms with Crippen molar-refractivity contribution in [2.75, 3.05) is 17.7 Å². The Morgan fingerprint density at radius 3 is 2.65 bits per heavy atom. The molecule has 3 aromatic rings. The molecule has 0 bridgehead atoms. The van der Waals surface area contributed by atoms with Crippen molar-refractivity contribution in [2.45, 2.75) is 19.1 Å². The highest BCUT2D eigenvalue weighted by molar-refractivity contribution is 7.99. The number of aromatic nitrogens is 2. The fraction of sp³-hybridized carbons (Fsp3) is 0.211. The van der Waals surface area contributed by atoms with E-state index < -0.39 is 0 Å². The van der Waals surface area contributed by atoms with Gasteiger partial charge in [-0.2, -0.15) is 0 Å². The van der Waals surface area contributed by atoms with Gasteiger partial charge in [0.25, 0.3) is 5.22 Å². The van der Waals surface area contributed by atoms with Gasteiger partial charge in [-0.25, -0.2) is 0 Å². The summed E-state index contributed by atoms with van der Waals surface area (Å²) in [6.07, 6.45) is 0. The topological polar surface area (TPSA) is 77.2 Å². The molecule has 2 aromatic carbocycles. The predicted octanol–water partition coefficient (Wildman–Crippen LogP) is 4.17. The molecule has 0 aliphatic heterocycles. The summed E-state index contributed by atoms with van der Waals surface area (Å²) >= 11 is 1.20. The fourth-order valence-corrected chi connectivity index (χ4v) is 2.88. The van der Waals surface area contributed by atoms with E-state index in [9.17, 15) is 4.79 Å². The van der Waals surface area contributed by atoms with Gasteiger partial charge in [0, 0.05) is 11.3 Å². The van der Waals surface area contributed by atoms with E-state index in [1.807, 2.05) is 50.2 Å². The molecule has 0 atom stereocenters. The molecule has 0 saturated heterocycles. The van der Waals surface area contributed by atoms with Crippen LogP contribution >= 0.6 is 11.8 Å². The minimum atomic E-state index is -0.144. The summed E-state index contributed by atoms with van der Waals surface area (Å²) in [6.45, 7) is 4.52. The Morgan fingerprint density at radius 2 is 1.92 bits per heavy atom. The second-order valence-corrected chi connectivity index (χ2v) is 6.41. The molecule has 0 aliphatic rings. The second kappa shape index (κ2) is 8.53. The van der Waals surface area contributed by atoms with Crippen LogP contribution in [0.2, 0.25) is 0 Å². The van der Waals surface area contributed by atoms with E-state index in [4.69, 9.17) is 9.15 Å². The number of aryl methyl sites for hydroxylation is 1. The first-order valence-electron chi connectivity index (χ1n) is 8.20. The molecule has 7 heteroatoms. The van der Waals surface area contributed by atoms with E-state index in [2.05, 4.69) is 15.5 Å². The first-order chi connectivity index (χ1) is 12.7. The van der Waals surface area contributed by atoms with Crippen LogP contribution in [0.1, 0.15) is 12.5 Å². The van der Waals surface area contributed by atoms with Gasteiger partial charge in [0.1, 0.15) is 5.75 Å². The van der Waals surface area contributed by atoms with E-state index >= 15 is 0 Å². The third-order valence-electron chi connectivity index (χ3n) is 3.56. The SMILES string of the molecule is CCOc1ccc(NC(=O)CSc2nnc(-c3ccccc3C)o2)cc1. The predicted molar refractivity (Wildman–Crippen MR) is 101 cm³/mol. The van der Waals surface area contributed by atoms with Gasteiger partial charge in [-0.05, 0) is 49.7 Å². The minimum Gasteiger partial charge on any atom is -0.494 e. The number of nitrogens with one attached hydrogen (secondary N) is 1. The number of carbonyl (C=O) groups excluding carboxylic acids is 1. The number of anilines is 1. The molecule has 0 radical (unpaired) electrons. The summed E-state index contributed by atoms with van der Waals surface area (Å²) in [6, 6.07) is 15.0. The van der Waals surface area contributed by atoms with Crippen molar-refractivity contribution in [2.24, 2.45) is 0 Å². The Kier molecular flexibility index (Phi) is 5.91. The van der Waals surface area contributed by atoms with E-state index in [-0.39, 0.29) is 11.7 Å². The summed E-state index contributed by atoms with van der Waals surface area (Å²) in [5, 5.41) is 11.2. The van der Waals surface area contributed by atoms with Crippen LogP contribution in [-0.4, -0.2) is 28.5 Å². The van der Waals surface area contributed by atoms with Crippen molar-refractivity contribution in [1.82, 2.24) is 10.2 Å². The average molecular weight is 369 g/mol. The highest BCUT2D eigenvalue weighted by Crippen LogP contribution is 2.25. The quantitative estimate of drug-likeness (QED) is 0.630. The molecule has 0 unspecified atom stereocenters. The number of benzene rings is 2. The molecule has 26 heavy (non-hydrogen) atoms. The van der Waals surface area contributed by atoms with Crippen molar-refractivity contribution < 1.29 is 13.9 Å². The zero-order valence-corrected chi connectivity index (χ0v) is 15.4. The number of rotatable bonds is 7. The minimum absolute atomic E-state index is 0.144. The lowest BCUT2D eigenvalue weighted by Crippen LogP contribution is -2.13. The normalized spacial score (nSPS) is 10.5. The largest absolute Gasteiger partial charge is 0.494 e. The maximum atomic E-state index is 12.1. The van der Waals surface area contributed by atoms with Gasteiger partial charge >= 0.3 is 0 Å². The van der Waals surface area contributed by atoms with Crippen molar-refractivity contribution in [1.29, 1.82) is 0 Å². The Morgan fingerprint density at radius 1 is 1.15 bits per heavy atom. The molecule has 0 spiro atoms. The van der Waals surface area contributed by atoms with Crippen LogP contribution in [0.4, 0.5) is 5.69 Å². The molecule has 134 valence electrons. The van der Waals surface area contributed by atoms with Crippen molar-refractivity contribution >= 4 is 23.4 Å². The molecule has 0 aliphatic carbocycles. The van der Waals surface area contributed by atoms with Gasteiger partial charge in [-0.1, -0.05) is 30.0 Å². The second-order valence-electron chi connectivity index (χ2n) is 5.48. The standard InChI is InChI=1S/C19H19N3O3S/c1-3-24-15-10-8-14(9-11-15)20-17(23)12-26-19-22-21-18(25-19)16-7-5-4-6-13(16)2/h4-11H,3,12H2,1-2H3,(H,20,23). The van der Waals surface area contributed by atoms with Gasteiger partial charge in [0.15, 0.2) is 0 Å². The first kappa shape index (κ1) is 18.0. The molecule has 0 saturated carbocycles. The van der Waals surface area contributed by atoms with Crippen LogP contribution in [0.5, 0.6) is 5.75 Å². The number of hydrogen-bond acceptors (Lipinski definition) is 6. The molecular weight excluding hydrogens is 350 g/mol. The smallest absolute Gasteiger partial charge is 0.277 e. The van der Waals surface area contributed by atoms with E-state index in [1.54, 1.807) is 12.1 Å². The molecule has 6 nitrogen and oxygen atoms in total. The van der Waals surface area contributed by atoms with Crippen LogP contribution in [0.25, 0.3) is 11.5 Å². The molecule has 0 fully saturated rings. The highest BCUT2D eigenvalue weighted by Gasteiger charge is 2.12. The molecule has 1 amide bonds. The van der Waals surface area contributed by atoms with Gasteiger partial charge in [0.2, 0.25) is 11.8 Å². The molecule has 1 aromatic heterocycles. The first-order valence-corrected chi connectivity index (χ1v) is 9.19. The summed E-state index contributed by atoms with van der Waals surface area (Å²) in [5.74, 6) is 1.27. The number of ether oxygens (including phenoxy) is 1. The maximum absolute atomic E-state index is 12.1. The van der Waals surface area contributed by atoms with Crippen LogP contribution in [0.3, 0.4) is 0 Å². The Balaban J connectivity index is 1.54. The lowest BCUT2D eigenvalue weighted by atomic mass is 10.1. The van der Waals surface area contributed by atoms with Gasteiger partial charge in [-0.3, -0.25) is 4.79 Å². The van der Waals surface area contributed by atoms with Crippen LogP contribution in [0.15, 0.2) is 58.2 Å². The number of carbonyl (C=O) groups is 1. The van der Waals surface area contributed by atoms with E-state index in [0.717, 1.165) is 16.9 Å². The number of amides is 1. The fourth-order valence-electron chi connectivity index (χ4n) is 2.32. The third-order valence-corrected chi connectivity index (χ3v) is 4.38. The molecular formula is C19H19N3O3S. The van der Waals surface area contributed by atoms with Crippen molar-refractivity contribution in [3.05, 3.63) is 54.1 Å². The summed E-state index contributed by atoms with van der Waals surface area (Å²) in [7, 11) is 0. The Bertz CT molecular complexity index is 878. The van der Waals surface area contributed by atoms with Crippen LogP contribution in [-0.2, 0) is 4.79 Å². The molecule has 1 N–H and O–H groups in total. The number of thioether (sulfide) groups is 1. The molecule has 3 rings (SSSR count). The third kappa shape index (κ3) is 4.64. The zero-order valence-electron chi connectivity index (χ0n) is 14.6. The summed E-state index contributed by atoms with van der Waals surface area (Å²) in [5.41, 5.74) is 2.66. The van der Waals surface area contributed by atoms with Crippen LogP contribution < -0.4 is 10.1 Å². The Hall–Kier alpha value is -2.80. The van der Waals surface area contributed by atoms with E-state index in [1.165, 1.54) is 11.8 Å². The highest BCUT2D eigenvalue weighted by atomic mass is 32.2. The van der Waals surface area contributed by atoms with Crippen molar-refractivity contribution in [3.63, 3.8) is 0 Å². The van der Waals surface area contributed by atoms with E-state index in [0.29, 0.717) is 23.4 Å². The lowest BCUT2D eigenvalue weighted by Gasteiger charge is -2.06. The van der Waals surface area contributed by atoms with Gasteiger partial charge < -0.3 is 14.5 Å². The van der Waals surface area contributed by atoms with Crippen molar-refractivity contribution in [3.8, 4) is 17.2 Å². The Labute approximate surface area is 156 Å². The average Bonchev–Trinajstić information content (AvgIpc) is 3.11. The summed E-state index contributed by atoms with van der Waals surface area (Å²) in [4.78, 5) is 12.1. The molecule has 1 heterocycles. The number of nitrogens with zero attached hydrogens (tertiary/aromatic N) is 2. The maximum Gasteiger partial charge on any atom is 0.277 e. The van der Waals surface area contributed by atoms with Gasteiger partial charge in [0.05, 0.1) is 12.4 Å². The van der Waals surface area contributed by atoms with Gasteiger partial charge in [-0.15, -0.1) is 10.2 Å². The monoisotopic (exact) mass is 369 g/mol. The zero-order chi connectivity index (χ0) is 18.4. The number of hydrogen-bond donors (Lipinski definition) is 1. The lowest BCUT2D eigenvalue weighted by molar-refractivity contribution is -0.113. The summed E-state index contributed by atoms with van der Waals surface area (Å²) < 4.78 is 11.0. The van der Waals surface area contributed by atoms with Crippen LogP contribution in [0, 0.1) is 6.92 Å².